The summed E-state index contributed by atoms with van der Waals surface area (Å²) in [5.41, 5.74) is 4.60. The molecule has 4 heteroatoms. The van der Waals surface area contributed by atoms with Crippen molar-refractivity contribution in [3.8, 4) is 0 Å². The molecule has 0 saturated carbocycles. The van der Waals surface area contributed by atoms with E-state index in [1.165, 1.54) is 11.3 Å². The van der Waals surface area contributed by atoms with E-state index < -0.39 is 0 Å². The summed E-state index contributed by atoms with van der Waals surface area (Å²) >= 11 is 0. The van der Waals surface area contributed by atoms with E-state index in [9.17, 15) is 4.79 Å². The van der Waals surface area contributed by atoms with Crippen molar-refractivity contribution in [3.05, 3.63) is 35.3 Å². The van der Waals surface area contributed by atoms with Gasteiger partial charge in [0.2, 0.25) is 5.91 Å². The summed E-state index contributed by atoms with van der Waals surface area (Å²) in [5.74, 6) is 0.912. The molecule has 2 heterocycles. The third-order valence-corrected chi connectivity index (χ3v) is 4.52. The number of pyridine rings is 1. The number of fused-ring (bicyclic) bond motifs is 3. The number of hydrogen-bond acceptors (Lipinski definition) is 2. The highest BCUT2D eigenvalue weighted by atomic mass is 16.1. The minimum atomic E-state index is 0.0841. The van der Waals surface area contributed by atoms with Crippen molar-refractivity contribution < 1.29 is 4.79 Å². The van der Waals surface area contributed by atoms with E-state index in [-0.39, 0.29) is 11.8 Å². The van der Waals surface area contributed by atoms with Gasteiger partial charge in [0.1, 0.15) is 5.65 Å². The zero-order chi connectivity index (χ0) is 15.7. The van der Waals surface area contributed by atoms with Gasteiger partial charge in [0.05, 0.1) is 5.69 Å². The van der Waals surface area contributed by atoms with Crippen LogP contribution in [0.5, 0.6) is 0 Å². The zero-order valence-corrected chi connectivity index (χ0v) is 13.7. The van der Waals surface area contributed by atoms with E-state index in [4.69, 9.17) is 4.98 Å². The molecule has 0 spiro atoms. The maximum Gasteiger partial charge on any atom is 0.223 e. The first-order chi connectivity index (χ1) is 10.5. The van der Waals surface area contributed by atoms with E-state index in [1.54, 1.807) is 0 Å². The highest BCUT2D eigenvalue weighted by Gasteiger charge is 2.27. The average Bonchev–Trinajstić information content (AvgIpc) is 2.83. The first kappa shape index (κ1) is 15.1. The number of carbonyl (C=O) groups is 1. The highest BCUT2D eigenvalue weighted by Crippen LogP contribution is 2.26. The van der Waals surface area contributed by atoms with Gasteiger partial charge >= 0.3 is 0 Å². The number of nitrogens with one attached hydrogen (secondary N) is 1. The Balaban J connectivity index is 1.73. The number of amides is 1. The van der Waals surface area contributed by atoms with Crippen LogP contribution in [-0.4, -0.2) is 21.8 Å². The Labute approximate surface area is 131 Å². The molecule has 118 valence electrons. The molecule has 0 fully saturated rings. The molecule has 4 nitrogen and oxygen atoms in total. The molecule has 2 aromatic rings. The molecule has 1 unspecified atom stereocenters. The largest absolute Gasteiger partial charge is 0.356 e. The van der Waals surface area contributed by atoms with E-state index >= 15 is 0 Å². The highest BCUT2D eigenvalue weighted by molar-refractivity contribution is 5.79. The normalized spacial score (nSPS) is 17.7. The summed E-state index contributed by atoms with van der Waals surface area (Å²) in [5, 5.41) is 3.10. The van der Waals surface area contributed by atoms with Crippen LogP contribution in [-0.2, 0) is 17.6 Å². The molecule has 1 amide bonds. The van der Waals surface area contributed by atoms with Crippen molar-refractivity contribution in [1.82, 2.24) is 14.7 Å². The second-order valence-electron chi connectivity index (χ2n) is 6.85. The monoisotopic (exact) mass is 299 g/mol. The Bertz CT molecular complexity index is 687. The van der Waals surface area contributed by atoms with Gasteiger partial charge in [-0.25, -0.2) is 4.98 Å². The lowest BCUT2D eigenvalue weighted by Crippen LogP contribution is -2.35. The van der Waals surface area contributed by atoms with E-state index in [0.717, 1.165) is 43.6 Å². The molecule has 22 heavy (non-hydrogen) atoms. The Morgan fingerprint density at radius 3 is 3.09 bits per heavy atom. The van der Waals surface area contributed by atoms with Crippen molar-refractivity contribution in [1.29, 1.82) is 0 Å². The van der Waals surface area contributed by atoms with Gasteiger partial charge in [0.25, 0.3) is 0 Å². The topological polar surface area (TPSA) is 46.4 Å². The van der Waals surface area contributed by atoms with Gasteiger partial charge in [0, 0.05) is 30.8 Å². The third kappa shape index (κ3) is 3.01. The van der Waals surface area contributed by atoms with Crippen molar-refractivity contribution in [3.63, 3.8) is 0 Å². The SMILES string of the molecule is Cc1ccn2c3c(nc2c1)CCC(C(=O)NCCC(C)C)C3. The molecule has 1 aliphatic rings. The van der Waals surface area contributed by atoms with Crippen molar-refractivity contribution in [2.24, 2.45) is 11.8 Å². The minimum absolute atomic E-state index is 0.0841. The minimum Gasteiger partial charge on any atom is -0.356 e. The predicted octanol–water partition coefficient (Wildman–Crippen LogP) is 2.91. The number of aromatic nitrogens is 2. The van der Waals surface area contributed by atoms with E-state index in [0.29, 0.717) is 5.92 Å². The maximum absolute atomic E-state index is 12.4. The fourth-order valence-electron chi connectivity index (χ4n) is 3.16. The molecule has 0 aliphatic heterocycles. The predicted molar refractivity (Wildman–Crippen MR) is 87.9 cm³/mol. The number of aryl methyl sites for hydroxylation is 2. The van der Waals surface area contributed by atoms with Gasteiger partial charge in [-0.15, -0.1) is 0 Å². The first-order valence-electron chi connectivity index (χ1n) is 8.28. The van der Waals surface area contributed by atoms with Crippen LogP contribution in [0.25, 0.3) is 5.65 Å². The van der Waals surface area contributed by atoms with Crippen LogP contribution in [0.15, 0.2) is 18.3 Å². The van der Waals surface area contributed by atoms with Crippen LogP contribution < -0.4 is 5.32 Å². The Morgan fingerprint density at radius 2 is 2.32 bits per heavy atom. The molecule has 1 atom stereocenters. The summed E-state index contributed by atoms with van der Waals surface area (Å²) in [6.07, 6.45) is 5.73. The van der Waals surface area contributed by atoms with Crippen LogP contribution in [0.1, 0.15) is 43.6 Å². The van der Waals surface area contributed by atoms with E-state index in [2.05, 4.69) is 48.8 Å². The number of carbonyl (C=O) groups excluding carboxylic acids is 1. The number of hydrogen-bond donors (Lipinski definition) is 1. The fraction of sp³-hybridized carbons (Fsp3) is 0.556. The van der Waals surface area contributed by atoms with Gasteiger partial charge in [-0.2, -0.15) is 0 Å². The van der Waals surface area contributed by atoms with Crippen LogP contribution >= 0.6 is 0 Å². The molecular weight excluding hydrogens is 274 g/mol. The van der Waals surface area contributed by atoms with Gasteiger partial charge < -0.3 is 9.72 Å². The summed E-state index contributed by atoms with van der Waals surface area (Å²) in [4.78, 5) is 17.1. The summed E-state index contributed by atoms with van der Waals surface area (Å²) < 4.78 is 2.15. The van der Waals surface area contributed by atoms with Crippen molar-refractivity contribution in [2.75, 3.05) is 6.54 Å². The number of rotatable bonds is 4. The van der Waals surface area contributed by atoms with Gasteiger partial charge in [-0.1, -0.05) is 13.8 Å². The lowest BCUT2D eigenvalue weighted by molar-refractivity contribution is -0.125. The average molecular weight is 299 g/mol. The zero-order valence-electron chi connectivity index (χ0n) is 13.7. The summed E-state index contributed by atoms with van der Waals surface area (Å²) in [6, 6.07) is 4.21. The number of imidazole rings is 1. The second-order valence-corrected chi connectivity index (χ2v) is 6.85. The lowest BCUT2D eigenvalue weighted by Gasteiger charge is -2.21. The molecule has 1 aliphatic carbocycles. The van der Waals surface area contributed by atoms with Crippen LogP contribution in [0, 0.1) is 18.8 Å². The molecule has 2 aromatic heterocycles. The molecular formula is C18H25N3O. The Morgan fingerprint density at radius 1 is 1.50 bits per heavy atom. The summed E-state index contributed by atoms with van der Waals surface area (Å²) in [6.45, 7) is 7.23. The Hall–Kier alpha value is -1.84. The molecule has 0 saturated heterocycles. The van der Waals surface area contributed by atoms with Crippen LogP contribution in [0.3, 0.4) is 0 Å². The van der Waals surface area contributed by atoms with E-state index in [1.807, 2.05) is 0 Å². The fourth-order valence-corrected chi connectivity index (χ4v) is 3.16. The first-order valence-corrected chi connectivity index (χ1v) is 8.28. The lowest BCUT2D eigenvalue weighted by atomic mass is 9.89. The molecule has 0 radical (unpaired) electrons. The number of nitrogens with zero attached hydrogens (tertiary/aromatic N) is 2. The molecule has 1 N–H and O–H groups in total. The van der Waals surface area contributed by atoms with Crippen molar-refractivity contribution in [2.45, 2.75) is 46.5 Å². The third-order valence-electron chi connectivity index (χ3n) is 4.52. The van der Waals surface area contributed by atoms with Gasteiger partial charge in [-0.05, 0) is 49.8 Å². The summed E-state index contributed by atoms with van der Waals surface area (Å²) in [7, 11) is 0. The van der Waals surface area contributed by atoms with Crippen LogP contribution in [0.2, 0.25) is 0 Å². The molecule has 0 aromatic carbocycles. The molecule has 0 bridgehead atoms. The second kappa shape index (κ2) is 6.11. The quantitative estimate of drug-likeness (QED) is 0.943. The Kier molecular flexibility index (Phi) is 4.19. The van der Waals surface area contributed by atoms with Crippen LogP contribution in [0.4, 0.5) is 0 Å². The molecule has 3 rings (SSSR count). The maximum atomic E-state index is 12.4. The van der Waals surface area contributed by atoms with Crippen molar-refractivity contribution >= 4 is 11.6 Å². The van der Waals surface area contributed by atoms with Gasteiger partial charge in [0.15, 0.2) is 0 Å². The smallest absolute Gasteiger partial charge is 0.223 e. The van der Waals surface area contributed by atoms with Gasteiger partial charge in [-0.3, -0.25) is 4.79 Å². The standard InChI is InChI=1S/C18H25N3O/c1-12(2)6-8-19-18(22)14-4-5-15-16(11-14)21-9-7-13(3)10-17(21)20-15/h7,9-10,12,14H,4-6,8,11H2,1-3H3,(H,19,22).